The molecule has 0 aromatic heterocycles. The van der Waals surface area contributed by atoms with Gasteiger partial charge in [-0.25, -0.2) is 4.39 Å². The molecule has 1 unspecified atom stereocenters. The number of carbonyl (C=O) groups excluding carboxylic acids is 1. The Morgan fingerprint density at radius 3 is 2.62 bits per heavy atom. The van der Waals surface area contributed by atoms with Crippen molar-refractivity contribution in [2.24, 2.45) is 0 Å². The molecular formula is C20H23FN2O. The predicted molar refractivity (Wildman–Crippen MR) is 93.1 cm³/mol. The first kappa shape index (κ1) is 16.7. The fraction of sp³-hybridized carbons (Fsp3) is 0.350. The van der Waals surface area contributed by atoms with Crippen LogP contribution in [-0.4, -0.2) is 29.9 Å². The summed E-state index contributed by atoms with van der Waals surface area (Å²) in [6.07, 6.45) is 1.35. The summed E-state index contributed by atoms with van der Waals surface area (Å²) in [4.78, 5) is 14.5. The van der Waals surface area contributed by atoms with Gasteiger partial charge in [-0.05, 0) is 42.2 Å². The number of hydrogen-bond acceptors (Lipinski definition) is 2. The Hall–Kier alpha value is -2.20. The van der Waals surface area contributed by atoms with Crippen LogP contribution in [0, 0.1) is 5.82 Å². The maximum Gasteiger partial charge on any atom is 0.224 e. The van der Waals surface area contributed by atoms with Crippen LogP contribution in [0.1, 0.15) is 23.6 Å². The van der Waals surface area contributed by atoms with Crippen LogP contribution in [0.2, 0.25) is 0 Å². The molecule has 0 spiro atoms. The second-order valence-electron chi connectivity index (χ2n) is 6.45. The van der Waals surface area contributed by atoms with E-state index in [1.165, 1.54) is 23.3 Å². The zero-order valence-corrected chi connectivity index (χ0v) is 14.0. The number of carbonyl (C=O) groups is 1. The highest BCUT2D eigenvalue weighted by Crippen LogP contribution is 2.19. The smallest absolute Gasteiger partial charge is 0.224 e. The van der Waals surface area contributed by atoms with Crippen molar-refractivity contribution < 1.29 is 9.18 Å². The van der Waals surface area contributed by atoms with E-state index < -0.39 is 0 Å². The summed E-state index contributed by atoms with van der Waals surface area (Å²) in [6, 6.07) is 14.9. The second-order valence-corrected chi connectivity index (χ2v) is 6.45. The number of nitrogens with one attached hydrogen (secondary N) is 1. The molecule has 2 aromatic carbocycles. The molecule has 1 amide bonds. The molecule has 1 aliphatic rings. The first-order valence-electron chi connectivity index (χ1n) is 8.44. The van der Waals surface area contributed by atoms with Gasteiger partial charge in [-0.15, -0.1) is 0 Å². The molecule has 0 aliphatic carbocycles. The molecule has 0 bridgehead atoms. The quantitative estimate of drug-likeness (QED) is 0.916. The number of amides is 1. The van der Waals surface area contributed by atoms with Crippen molar-refractivity contribution in [3.05, 3.63) is 71.0 Å². The van der Waals surface area contributed by atoms with Gasteiger partial charge in [0.1, 0.15) is 5.82 Å². The van der Waals surface area contributed by atoms with Gasteiger partial charge in [-0.2, -0.15) is 0 Å². The van der Waals surface area contributed by atoms with E-state index in [0.29, 0.717) is 6.54 Å². The molecule has 2 aromatic rings. The predicted octanol–water partition coefficient (Wildman–Crippen LogP) is 2.93. The van der Waals surface area contributed by atoms with Gasteiger partial charge in [-0.1, -0.05) is 36.4 Å². The van der Waals surface area contributed by atoms with E-state index in [1.807, 2.05) is 0 Å². The second kappa shape index (κ2) is 7.58. The largest absolute Gasteiger partial charge is 0.354 e. The first-order chi connectivity index (χ1) is 11.6. The molecule has 24 heavy (non-hydrogen) atoms. The van der Waals surface area contributed by atoms with Gasteiger partial charge < -0.3 is 5.32 Å². The van der Waals surface area contributed by atoms with Gasteiger partial charge in [0.05, 0.1) is 6.42 Å². The van der Waals surface area contributed by atoms with Crippen molar-refractivity contribution in [1.82, 2.24) is 10.2 Å². The fourth-order valence-corrected chi connectivity index (χ4v) is 3.13. The van der Waals surface area contributed by atoms with E-state index in [2.05, 4.69) is 41.4 Å². The third-order valence-corrected chi connectivity index (χ3v) is 4.66. The maximum atomic E-state index is 12.9. The lowest BCUT2D eigenvalue weighted by Crippen LogP contribution is -2.44. The van der Waals surface area contributed by atoms with Crippen LogP contribution in [0.25, 0.3) is 0 Å². The Morgan fingerprint density at radius 2 is 1.88 bits per heavy atom. The lowest BCUT2D eigenvalue weighted by atomic mass is 9.99. The van der Waals surface area contributed by atoms with Crippen LogP contribution in [0.5, 0.6) is 0 Å². The van der Waals surface area contributed by atoms with E-state index in [4.69, 9.17) is 0 Å². The molecule has 3 rings (SSSR count). The zero-order chi connectivity index (χ0) is 16.9. The average Bonchev–Trinajstić information content (AvgIpc) is 2.61. The zero-order valence-electron chi connectivity index (χ0n) is 14.0. The lowest BCUT2D eigenvalue weighted by Gasteiger charge is -2.33. The summed E-state index contributed by atoms with van der Waals surface area (Å²) in [6.45, 7) is 4.73. The fourth-order valence-electron chi connectivity index (χ4n) is 3.13. The van der Waals surface area contributed by atoms with E-state index in [1.54, 1.807) is 12.1 Å². The van der Waals surface area contributed by atoms with E-state index >= 15 is 0 Å². The molecule has 0 radical (unpaired) electrons. The van der Waals surface area contributed by atoms with Gasteiger partial charge in [0.2, 0.25) is 5.91 Å². The van der Waals surface area contributed by atoms with Crippen molar-refractivity contribution in [2.45, 2.75) is 32.4 Å². The van der Waals surface area contributed by atoms with Crippen molar-refractivity contribution in [1.29, 1.82) is 0 Å². The SMILES string of the molecule is CC(CNC(=O)Cc1ccc(F)cc1)N1CCc2ccccc2C1. The van der Waals surface area contributed by atoms with E-state index in [-0.39, 0.29) is 24.2 Å². The number of halogens is 1. The first-order valence-corrected chi connectivity index (χ1v) is 8.44. The van der Waals surface area contributed by atoms with Gasteiger partial charge in [0, 0.05) is 25.7 Å². The summed E-state index contributed by atoms with van der Waals surface area (Å²) >= 11 is 0. The molecule has 0 saturated carbocycles. The molecule has 1 aliphatic heterocycles. The minimum Gasteiger partial charge on any atom is -0.354 e. The number of nitrogens with zero attached hydrogens (tertiary/aromatic N) is 1. The van der Waals surface area contributed by atoms with Crippen LogP contribution < -0.4 is 5.32 Å². The monoisotopic (exact) mass is 326 g/mol. The summed E-state index contributed by atoms with van der Waals surface area (Å²) < 4.78 is 12.9. The molecule has 1 N–H and O–H groups in total. The van der Waals surface area contributed by atoms with Crippen molar-refractivity contribution in [3.63, 3.8) is 0 Å². The Bertz CT molecular complexity index is 699. The van der Waals surface area contributed by atoms with Crippen LogP contribution in [0.4, 0.5) is 4.39 Å². The van der Waals surface area contributed by atoms with Crippen molar-refractivity contribution in [2.75, 3.05) is 13.1 Å². The summed E-state index contributed by atoms with van der Waals surface area (Å²) in [5.74, 6) is -0.302. The number of benzene rings is 2. The average molecular weight is 326 g/mol. The Labute approximate surface area is 142 Å². The third kappa shape index (κ3) is 4.20. The molecule has 0 fully saturated rings. The number of rotatable bonds is 5. The standard InChI is InChI=1S/C20H23FN2O/c1-15(23-11-10-17-4-2-3-5-18(17)14-23)13-22-20(24)12-16-6-8-19(21)9-7-16/h2-9,15H,10-14H2,1H3,(H,22,24). The summed E-state index contributed by atoms with van der Waals surface area (Å²) in [5.41, 5.74) is 3.64. The highest BCUT2D eigenvalue weighted by atomic mass is 19.1. The van der Waals surface area contributed by atoms with Gasteiger partial charge >= 0.3 is 0 Å². The molecule has 1 heterocycles. The lowest BCUT2D eigenvalue weighted by molar-refractivity contribution is -0.120. The normalized spacial score (nSPS) is 15.6. The number of fused-ring (bicyclic) bond motifs is 1. The summed E-state index contributed by atoms with van der Waals surface area (Å²) in [5, 5.41) is 2.99. The highest BCUT2D eigenvalue weighted by Gasteiger charge is 2.20. The Kier molecular flexibility index (Phi) is 5.26. The van der Waals surface area contributed by atoms with Crippen LogP contribution in [0.15, 0.2) is 48.5 Å². The van der Waals surface area contributed by atoms with E-state index in [9.17, 15) is 9.18 Å². The van der Waals surface area contributed by atoms with Crippen molar-refractivity contribution >= 4 is 5.91 Å². The molecule has 126 valence electrons. The van der Waals surface area contributed by atoms with Gasteiger partial charge in [0.25, 0.3) is 0 Å². The minimum atomic E-state index is -0.279. The Balaban J connectivity index is 1.48. The molecule has 3 nitrogen and oxygen atoms in total. The molecular weight excluding hydrogens is 303 g/mol. The van der Waals surface area contributed by atoms with Gasteiger partial charge in [0.15, 0.2) is 0 Å². The van der Waals surface area contributed by atoms with Crippen molar-refractivity contribution in [3.8, 4) is 0 Å². The Morgan fingerprint density at radius 1 is 1.17 bits per heavy atom. The van der Waals surface area contributed by atoms with Crippen LogP contribution in [0.3, 0.4) is 0 Å². The molecule has 0 saturated heterocycles. The summed E-state index contributed by atoms with van der Waals surface area (Å²) in [7, 11) is 0. The van der Waals surface area contributed by atoms with Crippen LogP contribution in [-0.2, 0) is 24.2 Å². The molecule has 4 heteroatoms. The van der Waals surface area contributed by atoms with Gasteiger partial charge in [-0.3, -0.25) is 9.69 Å². The number of hydrogen-bond donors (Lipinski definition) is 1. The van der Waals surface area contributed by atoms with Crippen LogP contribution >= 0.6 is 0 Å². The minimum absolute atomic E-state index is 0.0223. The topological polar surface area (TPSA) is 32.3 Å². The molecule has 1 atom stereocenters. The highest BCUT2D eigenvalue weighted by molar-refractivity contribution is 5.78. The van der Waals surface area contributed by atoms with E-state index in [0.717, 1.165) is 25.1 Å². The maximum absolute atomic E-state index is 12.9. The third-order valence-electron chi connectivity index (χ3n) is 4.66.